The number of ether oxygens (including phenoxy) is 2. The highest BCUT2D eigenvalue weighted by atomic mass is 16.6. The van der Waals surface area contributed by atoms with Gasteiger partial charge in [-0.05, 0) is 59.2 Å². The van der Waals surface area contributed by atoms with Crippen LogP contribution in [0.2, 0.25) is 0 Å². The molecule has 1 aliphatic rings. The zero-order valence-corrected chi connectivity index (χ0v) is 21.6. The van der Waals surface area contributed by atoms with Gasteiger partial charge < -0.3 is 24.6 Å². The first-order valence-corrected chi connectivity index (χ1v) is 11.9. The van der Waals surface area contributed by atoms with E-state index in [1.54, 1.807) is 29.2 Å². The van der Waals surface area contributed by atoms with E-state index in [0.29, 0.717) is 44.0 Å². The fraction of sp³-hybridized carbons (Fsp3) is 0.640. The van der Waals surface area contributed by atoms with Crippen molar-refractivity contribution in [2.24, 2.45) is 0 Å². The van der Waals surface area contributed by atoms with Crippen LogP contribution in [0.3, 0.4) is 0 Å². The van der Waals surface area contributed by atoms with Crippen molar-refractivity contribution in [3.05, 3.63) is 29.8 Å². The van der Waals surface area contributed by atoms with Gasteiger partial charge in [0.05, 0.1) is 0 Å². The van der Waals surface area contributed by atoms with E-state index in [1.807, 2.05) is 46.4 Å². The number of amides is 2. The van der Waals surface area contributed by atoms with Crippen molar-refractivity contribution in [3.63, 3.8) is 0 Å². The second-order valence-corrected chi connectivity index (χ2v) is 10.7. The summed E-state index contributed by atoms with van der Waals surface area (Å²) in [5.74, 6) is -0.536. The molecular formula is C25H39N3O7. The number of carbonyl (C=O) groups excluding carboxylic acids is 1. The van der Waals surface area contributed by atoms with Crippen LogP contribution in [0.15, 0.2) is 24.3 Å². The van der Waals surface area contributed by atoms with E-state index < -0.39 is 23.7 Å². The van der Waals surface area contributed by atoms with Gasteiger partial charge in [0.1, 0.15) is 23.0 Å². The molecule has 1 heterocycles. The van der Waals surface area contributed by atoms with Crippen LogP contribution in [0, 0.1) is 0 Å². The molecule has 1 unspecified atom stereocenters. The van der Waals surface area contributed by atoms with Gasteiger partial charge in [-0.2, -0.15) is 0 Å². The van der Waals surface area contributed by atoms with Crippen molar-refractivity contribution in [3.8, 4) is 5.75 Å². The number of benzene rings is 1. The highest BCUT2D eigenvalue weighted by Gasteiger charge is 2.31. The van der Waals surface area contributed by atoms with Crippen molar-refractivity contribution >= 4 is 18.2 Å². The van der Waals surface area contributed by atoms with E-state index in [1.165, 1.54) is 0 Å². The number of rotatable bonds is 8. The highest BCUT2D eigenvalue weighted by Crippen LogP contribution is 2.20. The summed E-state index contributed by atoms with van der Waals surface area (Å²) in [6.07, 6.45) is -1.60. The van der Waals surface area contributed by atoms with Gasteiger partial charge in [-0.15, -0.1) is 0 Å². The summed E-state index contributed by atoms with van der Waals surface area (Å²) in [5.41, 5.74) is -0.220. The predicted octanol–water partition coefficient (Wildman–Crippen LogP) is 3.39. The normalized spacial score (nSPS) is 15.9. The van der Waals surface area contributed by atoms with Gasteiger partial charge in [-0.25, -0.2) is 14.4 Å². The number of carboxylic acids is 1. The Labute approximate surface area is 207 Å². The topological polar surface area (TPSA) is 120 Å². The van der Waals surface area contributed by atoms with Crippen LogP contribution in [-0.2, 0) is 16.0 Å². The van der Waals surface area contributed by atoms with Gasteiger partial charge in [0, 0.05) is 45.7 Å². The Kier molecular flexibility index (Phi) is 9.37. The van der Waals surface area contributed by atoms with Gasteiger partial charge in [-0.1, -0.05) is 12.1 Å². The Bertz CT molecular complexity index is 867. The number of carboxylic acid groups (broad SMARTS) is 2. The van der Waals surface area contributed by atoms with Crippen LogP contribution in [-0.4, -0.2) is 99.6 Å². The molecule has 10 heteroatoms. The molecule has 2 N–H and O–H groups in total. The SMILES string of the molecule is CC(C)(C)OC(=O)N1CCN(CCN(C(=O)O)C(Cc2ccc(OC(C)(C)C)cc2)C(=O)O)CC1. The summed E-state index contributed by atoms with van der Waals surface area (Å²) in [6, 6.07) is 5.81. The number of hydrogen-bond acceptors (Lipinski definition) is 6. The van der Waals surface area contributed by atoms with E-state index in [9.17, 15) is 24.6 Å². The van der Waals surface area contributed by atoms with Gasteiger partial charge in [0.2, 0.25) is 0 Å². The first kappa shape index (κ1) is 28.2. The summed E-state index contributed by atoms with van der Waals surface area (Å²) < 4.78 is 11.2. The van der Waals surface area contributed by atoms with Crippen LogP contribution in [0.1, 0.15) is 47.1 Å². The molecule has 0 saturated carbocycles. The van der Waals surface area contributed by atoms with E-state index >= 15 is 0 Å². The number of nitrogens with zero attached hydrogens (tertiary/aromatic N) is 3. The highest BCUT2D eigenvalue weighted by molar-refractivity contribution is 5.79. The van der Waals surface area contributed by atoms with Crippen LogP contribution in [0.5, 0.6) is 5.75 Å². The maximum atomic E-state index is 12.2. The largest absolute Gasteiger partial charge is 0.488 e. The molecule has 0 radical (unpaired) electrons. The summed E-state index contributed by atoms with van der Waals surface area (Å²) in [4.78, 5) is 40.8. The summed E-state index contributed by atoms with van der Waals surface area (Å²) >= 11 is 0. The minimum atomic E-state index is -1.28. The predicted molar refractivity (Wildman–Crippen MR) is 131 cm³/mol. The minimum absolute atomic E-state index is 0.0455. The molecular weight excluding hydrogens is 454 g/mol. The molecule has 0 aliphatic carbocycles. The Hall–Kier alpha value is -3.01. The average molecular weight is 494 g/mol. The fourth-order valence-electron chi connectivity index (χ4n) is 3.72. The number of piperazine rings is 1. The van der Waals surface area contributed by atoms with Crippen LogP contribution in [0.4, 0.5) is 9.59 Å². The van der Waals surface area contributed by atoms with Crippen molar-refractivity contribution in [1.82, 2.24) is 14.7 Å². The van der Waals surface area contributed by atoms with Crippen molar-refractivity contribution in [2.75, 3.05) is 39.3 Å². The molecule has 2 rings (SSSR count). The van der Waals surface area contributed by atoms with Crippen LogP contribution in [0.25, 0.3) is 0 Å². The molecule has 2 amide bonds. The van der Waals surface area contributed by atoms with Gasteiger partial charge in [-0.3, -0.25) is 9.80 Å². The first-order chi connectivity index (χ1) is 16.1. The molecule has 1 aromatic carbocycles. The second-order valence-electron chi connectivity index (χ2n) is 10.7. The maximum Gasteiger partial charge on any atom is 0.410 e. The Morgan fingerprint density at radius 1 is 0.943 bits per heavy atom. The third kappa shape index (κ3) is 9.64. The van der Waals surface area contributed by atoms with Crippen molar-refractivity contribution < 1.29 is 34.1 Å². The summed E-state index contributed by atoms with van der Waals surface area (Å²) in [7, 11) is 0. The number of hydrogen-bond donors (Lipinski definition) is 2. The van der Waals surface area contributed by atoms with E-state index in [-0.39, 0.29) is 24.7 Å². The average Bonchev–Trinajstić information content (AvgIpc) is 2.72. The molecule has 0 aromatic heterocycles. The van der Waals surface area contributed by atoms with Crippen molar-refractivity contribution in [2.45, 2.75) is 65.2 Å². The maximum absolute atomic E-state index is 12.2. The molecule has 0 bridgehead atoms. The lowest BCUT2D eigenvalue weighted by molar-refractivity contribution is -0.142. The molecule has 1 aliphatic heterocycles. The molecule has 1 saturated heterocycles. The van der Waals surface area contributed by atoms with Crippen molar-refractivity contribution in [1.29, 1.82) is 0 Å². The monoisotopic (exact) mass is 493 g/mol. The third-order valence-electron chi connectivity index (χ3n) is 5.36. The first-order valence-electron chi connectivity index (χ1n) is 11.9. The Balaban J connectivity index is 1.95. The lowest BCUT2D eigenvalue weighted by Gasteiger charge is -2.36. The third-order valence-corrected chi connectivity index (χ3v) is 5.36. The molecule has 0 spiro atoms. The summed E-state index contributed by atoms with van der Waals surface area (Å²) in [5, 5.41) is 19.5. The number of aliphatic carboxylic acids is 1. The Morgan fingerprint density at radius 3 is 1.97 bits per heavy atom. The standard InChI is InChI=1S/C25H39N3O7/c1-24(2,3)34-19-9-7-18(8-10-19)17-20(21(29)30)28(22(31)32)16-13-26-11-14-27(15-12-26)23(33)35-25(4,5)6/h7-10,20H,11-17H2,1-6H3,(H,29,30)(H,31,32). The van der Waals surface area contributed by atoms with Gasteiger partial charge in [0.15, 0.2) is 0 Å². The lowest BCUT2D eigenvalue weighted by Crippen LogP contribution is -2.53. The lowest BCUT2D eigenvalue weighted by atomic mass is 10.0. The molecule has 196 valence electrons. The van der Waals surface area contributed by atoms with Crippen LogP contribution >= 0.6 is 0 Å². The molecule has 10 nitrogen and oxygen atoms in total. The quantitative estimate of drug-likeness (QED) is 0.566. The second kappa shape index (κ2) is 11.6. The minimum Gasteiger partial charge on any atom is -0.488 e. The van der Waals surface area contributed by atoms with E-state index in [4.69, 9.17) is 9.47 Å². The zero-order chi connectivity index (χ0) is 26.4. The molecule has 1 aromatic rings. The molecule has 35 heavy (non-hydrogen) atoms. The summed E-state index contributed by atoms with van der Waals surface area (Å²) in [6.45, 7) is 13.7. The van der Waals surface area contributed by atoms with E-state index in [0.717, 1.165) is 4.90 Å². The molecule has 1 fully saturated rings. The van der Waals surface area contributed by atoms with Crippen LogP contribution < -0.4 is 4.74 Å². The zero-order valence-electron chi connectivity index (χ0n) is 21.6. The van der Waals surface area contributed by atoms with Gasteiger partial charge in [0.25, 0.3) is 0 Å². The smallest absolute Gasteiger partial charge is 0.410 e. The fourth-order valence-corrected chi connectivity index (χ4v) is 3.72. The van der Waals surface area contributed by atoms with E-state index in [2.05, 4.69) is 0 Å². The Morgan fingerprint density at radius 2 is 1.51 bits per heavy atom. The molecule has 1 atom stereocenters. The number of carbonyl (C=O) groups is 3. The van der Waals surface area contributed by atoms with Gasteiger partial charge >= 0.3 is 18.2 Å².